The third-order valence-electron chi connectivity index (χ3n) is 6.74. The van der Waals surface area contributed by atoms with Crippen LogP contribution in [-0.2, 0) is 10.2 Å². The van der Waals surface area contributed by atoms with Crippen LogP contribution in [-0.4, -0.2) is 47.5 Å². The third kappa shape index (κ3) is 6.08. The van der Waals surface area contributed by atoms with Crippen LogP contribution < -0.4 is 10.6 Å². The molecule has 1 saturated heterocycles. The maximum absolute atomic E-state index is 15.5. The second kappa shape index (κ2) is 11.6. The lowest BCUT2D eigenvalue weighted by atomic mass is 9.63. The van der Waals surface area contributed by atoms with Crippen LogP contribution in [0.15, 0.2) is 36.4 Å². The summed E-state index contributed by atoms with van der Waals surface area (Å²) in [7, 11) is 0. The Balaban J connectivity index is 2.22. The summed E-state index contributed by atoms with van der Waals surface area (Å²) < 4.78 is 30.3. The molecule has 2 aromatic carbocycles. The van der Waals surface area contributed by atoms with Crippen LogP contribution in [0, 0.1) is 28.4 Å². The first-order valence-electron chi connectivity index (χ1n) is 12.0. The Morgan fingerprint density at radius 2 is 1.95 bits per heavy atom. The fraction of sp³-hybridized carbons (Fsp3) is 0.481. The zero-order chi connectivity index (χ0) is 27.5. The second-order valence-corrected chi connectivity index (χ2v) is 11.4. The molecule has 1 aliphatic rings. The lowest BCUT2D eigenvalue weighted by molar-refractivity contribution is -0.123. The number of nitrogens with zero attached hydrogens (tertiary/aromatic N) is 1. The lowest BCUT2D eigenvalue weighted by Gasteiger charge is -2.37. The van der Waals surface area contributed by atoms with Crippen molar-refractivity contribution in [3.63, 3.8) is 0 Å². The number of aliphatic hydroxyl groups excluding tert-OH is 2. The van der Waals surface area contributed by atoms with E-state index in [-0.39, 0.29) is 39.6 Å². The molecule has 3 rings (SSSR count). The van der Waals surface area contributed by atoms with Gasteiger partial charge in [0, 0.05) is 18.5 Å². The molecule has 4 N–H and O–H groups in total. The number of carbonyl (C=O) groups is 1. The van der Waals surface area contributed by atoms with Crippen molar-refractivity contribution in [1.29, 1.82) is 5.26 Å². The predicted molar refractivity (Wildman–Crippen MR) is 138 cm³/mol. The zero-order valence-corrected chi connectivity index (χ0v) is 22.4. The Kier molecular flexibility index (Phi) is 9.20. The maximum atomic E-state index is 15.5. The summed E-state index contributed by atoms with van der Waals surface area (Å²) >= 11 is 12.1. The van der Waals surface area contributed by atoms with Gasteiger partial charge in [0.15, 0.2) is 0 Å². The molecule has 0 bridgehead atoms. The first-order valence-corrected chi connectivity index (χ1v) is 12.7. The number of rotatable bonds is 8. The molecule has 0 aromatic heterocycles. The van der Waals surface area contributed by atoms with Crippen LogP contribution in [0.5, 0.6) is 0 Å². The summed E-state index contributed by atoms with van der Waals surface area (Å²) in [4.78, 5) is 13.5. The molecule has 1 aliphatic heterocycles. The number of benzene rings is 2. The SMILES string of the molecule is CC(C)(C)C[C@H]1N[C@H](C(=O)NCC[C@H](O)CO)[C@@H](c2cccc(Cl)c2F)[C@]1(C#N)c1ccc(Cl)c(F)c1. The maximum Gasteiger partial charge on any atom is 0.237 e. The van der Waals surface area contributed by atoms with E-state index in [0.717, 1.165) is 6.07 Å². The Labute approximate surface area is 225 Å². The summed E-state index contributed by atoms with van der Waals surface area (Å²) in [6.07, 6.45) is -0.513. The van der Waals surface area contributed by atoms with Crippen molar-refractivity contribution in [3.05, 3.63) is 69.2 Å². The number of nitriles is 1. The molecule has 200 valence electrons. The number of nitrogens with one attached hydrogen (secondary N) is 2. The molecule has 1 amide bonds. The Hall–Kier alpha value is -2.28. The van der Waals surface area contributed by atoms with Gasteiger partial charge in [-0.2, -0.15) is 5.26 Å². The first-order chi connectivity index (χ1) is 17.4. The van der Waals surface area contributed by atoms with Gasteiger partial charge >= 0.3 is 0 Å². The van der Waals surface area contributed by atoms with Crippen molar-refractivity contribution in [3.8, 4) is 6.07 Å². The quantitative estimate of drug-likeness (QED) is 0.386. The zero-order valence-electron chi connectivity index (χ0n) is 20.9. The van der Waals surface area contributed by atoms with E-state index in [1.807, 2.05) is 20.8 Å². The molecule has 0 spiro atoms. The van der Waals surface area contributed by atoms with Gasteiger partial charge in [0.25, 0.3) is 0 Å². The minimum atomic E-state index is -1.57. The number of amides is 1. The van der Waals surface area contributed by atoms with Gasteiger partial charge in [-0.25, -0.2) is 8.78 Å². The Bertz CT molecular complexity index is 1180. The third-order valence-corrected chi connectivity index (χ3v) is 7.34. The molecule has 1 fully saturated rings. The van der Waals surface area contributed by atoms with E-state index in [2.05, 4.69) is 16.7 Å². The van der Waals surface area contributed by atoms with E-state index in [1.54, 1.807) is 0 Å². The van der Waals surface area contributed by atoms with E-state index < -0.39 is 53.7 Å². The van der Waals surface area contributed by atoms with Gasteiger partial charge in [-0.15, -0.1) is 0 Å². The second-order valence-electron chi connectivity index (χ2n) is 10.6. The van der Waals surface area contributed by atoms with Crippen molar-refractivity contribution < 1.29 is 23.8 Å². The van der Waals surface area contributed by atoms with Crippen LogP contribution >= 0.6 is 23.2 Å². The highest BCUT2D eigenvalue weighted by molar-refractivity contribution is 6.31. The minimum absolute atomic E-state index is 0.0442. The van der Waals surface area contributed by atoms with E-state index in [0.29, 0.717) is 6.42 Å². The average molecular weight is 554 g/mol. The smallest absolute Gasteiger partial charge is 0.237 e. The van der Waals surface area contributed by atoms with Gasteiger partial charge in [0.05, 0.1) is 34.9 Å². The van der Waals surface area contributed by atoms with E-state index in [1.165, 1.54) is 30.3 Å². The molecule has 5 atom stereocenters. The predicted octanol–water partition coefficient (Wildman–Crippen LogP) is 4.45. The standard InChI is InChI=1S/C27H31Cl2F2N3O3/c1-26(2,3)12-21-27(14-32,15-7-8-18(28)20(30)11-15)22(17-5-4-6-19(29)23(17)31)24(34-21)25(37)33-10-9-16(36)13-35/h4-8,11,16,21-22,24,34-36H,9-10,12-13H2,1-3H3,(H,33,37)/t16-,21+,22+,24-,27+/m0/s1. The van der Waals surface area contributed by atoms with Crippen LogP contribution in [0.2, 0.25) is 10.0 Å². The highest BCUT2D eigenvalue weighted by atomic mass is 35.5. The van der Waals surface area contributed by atoms with Gasteiger partial charge in [0.1, 0.15) is 17.0 Å². The molecular formula is C27H31Cl2F2N3O3. The van der Waals surface area contributed by atoms with Crippen LogP contribution in [0.3, 0.4) is 0 Å². The fourth-order valence-electron chi connectivity index (χ4n) is 5.08. The fourth-order valence-corrected chi connectivity index (χ4v) is 5.38. The Morgan fingerprint density at radius 1 is 1.24 bits per heavy atom. The summed E-state index contributed by atoms with van der Waals surface area (Å²) in [5.74, 6) is -3.12. The molecular weight excluding hydrogens is 523 g/mol. The largest absolute Gasteiger partial charge is 0.394 e. The Morgan fingerprint density at radius 3 is 2.54 bits per heavy atom. The topological polar surface area (TPSA) is 105 Å². The number of halogens is 4. The summed E-state index contributed by atoms with van der Waals surface area (Å²) in [6, 6.07) is 8.98. The van der Waals surface area contributed by atoms with Gasteiger partial charge in [-0.1, -0.05) is 62.2 Å². The highest BCUT2D eigenvalue weighted by Gasteiger charge is 2.60. The molecule has 0 radical (unpaired) electrons. The van der Waals surface area contributed by atoms with Gasteiger partial charge in [-0.3, -0.25) is 4.79 Å². The summed E-state index contributed by atoms with van der Waals surface area (Å²) in [5.41, 5.74) is -1.59. The average Bonchev–Trinajstić information content (AvgIpc) is 3.15. The number of aliphatic hydroxyl groups is 2. The normalized spacial score (nSPS) is 24.5. The highest BCUT2D eigenvalue weighted by Crippen LogP contribution is 2.52. The van der Waals surface area contributed by atoms with Crippen LogP contribution in [0.25, 0.3) is 0 Å². The molecule has 0 saturated carbocycles. The molecule has 10 heteroatoms. The monoisotopic (exact) mass is 553 g/mol. The molecule has 0 unspecified atom stereocenters. The van der Waals surface area contributed by atoms with Gasteiger partial charge in [-0.05, 0) is 47.6 Å². The molecule has 0 aliphatic carbocycles. The van der Waals surface area contributed by atoms with Crippen molar-refractivity contribution in [2.75, 3.05) is 13.2 Å². The minimum Gasteiger partial charge on any atom is -0.394 e. The number of hydrogen-bond donors (Lipinski definition) is 4. The van der Waals surface area contributed by atoms with Crippen LogP contribution in [0.4, 0.5) is 8.78 Å². The number of carbonyl (C=O) groups excluding carboxylic acids is 1. The summed E-state index contributed by atoms with van der Waals surface area (Å²) in [5, 5.41) is 35.2. The van der Waals surface area contributed by atoms with E-state index in [9.17, 15) is 19.6 Å². The van der Waals surface area contributed by atoms with E-state index >= 15 is 4.39 Å². The van der Waals surface area contributed by atoms with Crippen LogP contribution in [0.1, 0.15) is 50.7 Å². The van der Waals surface area contributed by atoms with Crippen molar-refractivity contribution >= 4 is 29.1 Å². The molecule has 1 heterocycles. The molecule has 37 heavy (non-hydrogen) atoms. The number of hydrogen-bond acceptors (Lipinski definition) is 5. The lowest BCUT2D eigenvalue weighted by Crippen LogP contribution is -2.46. The van der Waals surface area contributed by atoms with Crippen molar-refractivity contribution in [2.45, 2.75) is 63.1 Å². The van der Waals surface area contributed by atoms with Gasteiger partial charge < -0.3 is 20.8 Å². The first kappa shape index (κ1) is 29.3. The van der Waals surface area contributed by atoms with Crippen molar-refractivity contribution in [2.24, 2.45) is 5.41 Å². The van der Waals surface area contributed by atoms with Crippen molar-refractivity contribution in [1.82, 2.24) is 10.6 Å². The molecule has 6 nitrogen and oxygen atoms in total. The van der Waals surface area contributed by atoms with Gasteiger partial charge in [0.2, 0.25) is 5.91 Å². The molecule has 2 aromatic rings. The van der Waals surface area contributed by atoms with E-state index in [4.69, 9.17) is 28.3 Å². The summed E-state index contributed by atoms with van der Waals surface area (Å²) in [6.45, 7) is 5.50.